The minimum Gasteiger partial charge on any atom is -0.289 e. The summed E-state index contributed by atoms with van der Waals surface area (Å²) in [4.78, 5) is 14.9. The summed E-state index contributed by atoms with van der Waals surface area (Å²) in [6.45, 7) is 0. The Labute approximate surface area is 133 Å². The van der Waals surface area contributed by atoms with Crippen molar-refractivity contribution in [2.24, 2.45) is 5.11 Å². The van der Waals surface area contributed by atoms with Crippen molar-refractivity contribution in [1.82, 2.24) is 0 Å². The zero-order chi connectivity index (χ0) is 16.1. The number of hydrogen-bond acceptors (Lipinski definition) is 2. The highest BCUT2D eigenvalue weighted by atomic mass is 16.1. The number of nitrogens with zero attached hydrogens (tertiary/aromatic N) is 3. The van der Waals surface area contributed by atoms with E-state index in [2.05, 4.69) is 10.0 Å². The van der Waals surface area contributed by atoms with Crippen LogP contribution >= 0.6 is 0 Å². The molecule has 0 amide bonds. The highest BCUT2D eigenvalue weighted by Gasteiger charge is 2.02. The van der Waals surface area contributed by atoms with Crippen LogP contribution in [0.1, 0.15) is 15.9 Å². The van der Waals surface area contributed by atoms with E-state index in [9.17, 15) is 4.79 Å². The van der Waals surface area contributed by atoms with Crippen molar-refractivity contribution in [3.05, 3.63) is 94.4 Å². The van der Waals surface area contributed by atoms with Crippen molar-refractivity contribution >= 4 is 28.3 Å². The third-order valence-electron chi connectivity index (χ3n) is 3.55. The summed E-state index contributed by atoms with van der Waals surface area (Å²) in [5.74, 6) is -0.0922. The summed E-state index contributed by atoms with van der Waals surface area (Å²) < 4.78 is 0. The molecule has 0 aliphatic carbocycles. The van der Waals surface area contributed by atoms with Crippen LogP contribution < -0.4 is 0 Å². The maximum atomic E-state index is 12.2. The number of hydrogen-bond donors (Lipinski definition) is 0. The second-order valence-corrected chi connectivity index (χ2v) is 5.00. The molecule has 3 aromatic carbocycles. The van der Waals surface area contributed by atoms with Crippen LogP contribution in [0.2, 0.25) is 0 Å². The first-order chi connectivity index (χ1) is 11.3. The molecule has 0 spiro atoms. The van der Waals surface area contributed by atoms with Crippen LogP contribution in [0.5, 0.6) is 0 Å². The Balaban J connectivity index is 1.86. The Morgan fingerprint density at radius 3 is 2.48 bits per heavy atom. The van der Waals surface area contributed by atoms with Gasteiger partial charge in [-0.3, -0.25) is 4.79 Å². The predicted octanol–water partition coefficient (Wildman–Crippen LogP) is 5.68. The van der Waals surface area contributed by atoms with Crippen LogP contribution in [0.25, 0.3) is 27.3 Å². The normalized spacial score (nSPS) is 10.6. The lowest BCUT2D eigenvalue weighted by Gasteiger charge is -2.01. The molecule has 0 radical (unpaired) electrons. The van der Waals surface area contributed by atoms with Crippen LogP contribution in [-0.2, 0) is 0 Å². The van der Waals surface area contributed by atoms with E-state index in [0.29, 0.717) is 11.3 Å². The molecule has 0 atom stereocenters. The van der Waals surface area contributed by atoms with Gasteiger partial charge in [0, 0.05) is 16.2 Å². The standard InChI is InChI=1S/C19H13N3O/c20-22-21-17-11-8-16(9-12-17)19(23)13-10-15-6-3-5-14-4-1-2-7-18(14)15/h1-13H. The van der Waals surface area contributed by atoms with Crippen molar-refractivity contribution in [2.75, 3.05) is 0 Å². The third kappa shape index (κ3) is 3.28. The Morgan fingerprint density at radius 1 is 0.957 bits per heavy atom. The first-order valence-electron chi connectivity index (χ1n) is 7.13. The molecule has 0 aromatic heterocycles. The molecular formula is C19H13N3O. The predicted molar refractivity (Wildman–Crippen MR) is 92.6 cm³/mol. The van der Waals surface area contributed by atoms with E-state index in [0.717, 1.165) is 16.3 Å². The van der Waals surface area contributed by atoms with Crippen molar-refractivity contribution in [1.29, 1.82) is 0 Å². The molecule has 0 saturated heterocycles. The molecule has 0 unspecified atom stereocenters. The van der Waals surface area contributed by atoms with E-state index in [1.54, 1.807) is 30.3 Å². The number of carbonyl (C=O) groups excluding carboxylic acids is 1. The molecule has 3 aromatic rings. The van der Waals surface area contributed by atoms with Gasteiger partial charge in [-0.2, -0.15) is 0 Å². The van der Waals surface area contributed by atoms with E-state index in [1.807, 2.05) is 48.5 Å². The van der Waals surface area contributed by atoms with E-state index in [4.69, 9.17) is 5.53 Å². The van der Waals surface area contributed by atoms with Gasteiger partial charge in [0.15, 0.2) is 5.78 Å². The molecule has 4 heteroatoms. The highest BCUT2D eigenvalue weighted by Crippen LogP contribution is 2.20. The van der Waals surface area contributed by atoms with Gasteiger partial charge in [-0.15, -0.1) is 0 Å². The Hall–Kier alpha value is -3.36. The van der Waals surface area contributed by atoms with Gasteiger partial charge < -0.3 is 0 Å². The van der Waals surface area contributed by atoms with E-state index in [1.165, 1.54) is 0 Å². The highest BCUT2D eigenvalue weighted by molar-refractivity contribution is 6.08. The fourth-order valence-corrected chi connectivity index (χ4v) is 2.40. The van der Waals surface area contributed by atoms with Crippen LogP contribution in [0, 0.1) is 0 Å². The maximum absolute atomic E-state index is 12.2. The number of allylic oxidation sites excluding steroid dienone is 1. The molecule has 0 aliphatic rings. The lowest BCUT2D eigenvalue weighted by Crippen LogP contribution is -1.93. The van der Waals surface area contributed by atoms with Gasteiger partial charge >= 0.3 is 0 Å². The maximum Gasteiger partial charge on any atom is 0.185 e. The largest absolute Gasteiger partial charge is 0.289 e. The van der Waals surface area contributed by atoms with Crippen LogP contribution in [0.4, 0.5) is 5.69 Å². The average Bonchev–Trinajstić information content (AvgIpc) is 2.60. The molecule has 0 saturated carbocycles. The first-order valence-corrected chi connectivity index (χ1v) is 7.13. The van der Waals surface area contributed by atoms with Gasteiger partial charge in [-0.05, 0) is 27.9 Å². The fourth-order valence-electron chi connectivity index (χ4n) is 2.40. The van der Waals surface area contributed by atoms with Crippen molar-refractivity contribution in [3.8, 4) is 0 Å². The SMILES string of the molecule is [N-]=[N+]=Nc1ccc(C(=O)C=Cc2cccc3ccccc23)cc1. The van der Waals surface area contributed by atoms with E-state index in [-0.39, 0.29) is 5.78 Å². The second-order valence-electron chi connectivity index (χ2n) is 5.00. The Morgan fingerprint density at radius 2 is 1.70 bits per heavy atom. The van der Waals surface area contributed by atoms with Crippen LogP contribution in [0.3, 0.4) is 0 Å². The zero-order valence-corrected chi connectivity index (χ0v) is 12.3. The lowest BCUT2D eigenvalue weighted by atomic mass is 10.0. The molecule has 4 nitrogen and oxygen atoms in total. The number of rotatable bonds is 4. The molecule has 110 valence electrons. The van der Waals surface area contributed by atoms with Crippen molar-refractivity contribution in [2.45, 2.75) is 0 Å². The molecule has 0 N–H and O–H groups in total. The minimum atomic E-state index is -0.0922. The molecule has 23 heavy (non-hydrogen) atoms. The van der Waals surface area contributed by atoms with E-state index >= 15 is 0 Å². The monoisotopic (exact) mass is 299 g/mol. The average molecular weight is 299 g/mol. The van der Waals surface area contributed by atoms with Crippen molar-refractivity contribution in [3.63, 3.8) is 0 Å². The van der Waals surface area contributed by atoms with Gasteiger partial charge in [0.2, 0.25) is 0 Å². The molecule has 0 heterocycles. The summed E-state index contributed by atoms with van der Waals surface area (Å²) >= 11 is 0. The zero-order valence-electron chi connectivity index (χ0n) is 12.3. The van der Waals surface area contributed by atoms with Gasteiger partial charge in [-0.1, -0.05) is 77.9 Å². The summed E-state index contributed by atoms with van der Waals surface area (Å²) in [6.07, 6.45) is 3.39. The molecule has 0 fully saturated rings. The van der Waals surface area contributed by atoms with Crippen LogP contribution in [-0.4, -0.2) is 5.78 Å². The smallest absolute Gasteiger partial charge is 0.185 e. The fraction of sp³-hybridized carbons (Fsp3) is 0. The number of azide groups is 1. The topological polar surface area (TPSA) is 65.8 Å². The number of benzene rings is 3. The van der Waals surface area contributed by atoms with Gasteiger partial charge in [0.25, 0.3) is 0 Å². The summed E-state index contributed by atoms with van der Waals surface area (Å²) in [6, 6.07) is 20.6. The number of ketones is 1. The summed E-state index contributed by atoms with van der Waals surface area (Å²) in [7, 11) is 0. The van der Waals surface area contributed by atoms with Gasteiger partial charge in [0.05, 0.1) is 0 Å². The van der Waals surface area contributed by atoms with Gasteiger partial charge in [0.1, 0.15) is 0 Å². The van der Waals surface area contributed by atoms with Crippen molar-refractivity contribution < 1.29 is 4.79 Å². The molecule has 0 bridgehead atoms. The Bertz CT molecular complexity index is 931. The molecule has 0 aliphatic heterocycles. The van der Waals surface area contributed by atoms with Gasteiger partial charge in [-0.25, -0.2) is 0 Å². The second kappa shape index (κ2) is 6.60. The first kappa shape index (κ1) is 14.6. The minimum absolute atomic E-state index is 0.0922. The summed E-state index contributed by atoms with van der Waals surface area (Å²) in [5, 5.41) is 5.73. The number of fused-ring (bicyclic) bond motifs is 1. The third-order valence-corrected chi connectivity index (χ3v) is 3.55. The summed E-state index contributed by atoms with van der Waals surface area (Å²) in [5.41, 5.74) is 10.4. The van der Waals surface area contributed by atoms with Crippen LogP contribution in [0.15, 0.2) is 77.9 Å². The quantitative estimate of drug-likeness (QED) is 0.201. The van der Waals surface area contributed by atoms with E-state index < -0.39 is 0 Å². The molecular weight excluding hydrogens is 286 g/mol. The Kier molecular flexibility index (Phi) is 4.18. The molecule has 3 rings (SSSR count). The lowest BCUT2D eigenvalue weighted by molar-refractivity contribution is 0.104. The number of carbonyl (C=O) groups is 1.